The molecule has 2 atom stereocenters. The van der Waals surface area contributed by atoms with Crippen molar-refractivity contribution in [3.8, 4) is 0 Å². The number of hydrogen-bond donors (Lipinski definition) is 2. The van der Waals surface area contributed by atoms with Gasteiger partial charge >= 0.3 is 6.03 Å². The molecule has 2 rings (SSSR count). The maximum Gasteiger partial charge on any atom is 0.321 e. The Bertz CT molecular complexity index is 378. The molecule has 4 heteroatoms. The molecule has 1 aromatic carbocycles. The molecule has 0 spiro atoms. The van der Waals surface area contributed by atoms with Crippen molar-refractivity contribution in [2.45, 2.75) is 19.4 Å². The van der Waals surface area contributed by atoms with Crippen LogP contribution in [0.3, 0.4) is 0 Å². The average Bonchev–Trinajstić information content (AvgIpc) is 2.79. The van der Waals surface area contributed by atoms with Crippen LogP contribution < -0.4 is 11.1 Å². The molecule has 17 heavy (non-hydrogen) atoms. The largest absolute Gasteiger partial charge is 0.328 e. The van der Waals surface area contributed by atoms with Gasteiger partial charge < -0.3 is 16.0 Å². The topological polar surface area (TPSA) is 58.4 Å². The van der Waals surface area contributed by atoms with Crippen LogP contribution >= 0.6 is 0 Å². The number of hydrogen-bond acceptors (Lipinski definition) is 2. The van der Waals surface area contributed by atoms with Crippen molar-refractivity contribution >= 4 is 11.7 Å². The Labute approximate surface area is 102 Å². The number of anilines is 1. The number of nitrogens with zero attached hydrogens (tertiary/aromatic N) is 1. The maximum atomic E-state index is 12.0. The van der Waals surface area contributed by atoms with Gasteiger partial charge in [-0.3, -0.25) is 0 Å². The highest BCUT2D eigenvalue weighted by Gasteiger charge is 2.28. The predicted molar refractivity (Wildman–Crippen MR) is 68.8 cm³/mol. The highest BCUT2D eigenvalue weighted by Crippen LogP contribution is 2.19. The van der Waals surface area contributed by atoms with Gasteiger partial charge in [-0.2, -0.15) is 0 Å². The number of amides is 2. The number of benzene rings is 1. The van der Waals surface area contributed by atoms with Gasteiger partial charge in [0.1, 0.15) is 0 Å². The maximum absolute atomic E-state index is 12.0. The molecule has 0 bridgehead atoms. The van der Waals surface area contributed by atoms with Crippen LogP contribution in [-0.2, 0) is 0 Å². The number of likely N-dealkylation sites (tertiary alicyclic amines) is 1. The summed E-state index contributed by atoms with van der Waals surface area (Å²) in [6.45, 7) is 3.56. The third-order valence-corrected chi connectivity index (χ3v) is 3.28. The summed E-state index contributed by atoms with van der Waals surface area (Å²) in [5.41, 5.74) is 6.69. The van der Waals surface area contributed by atoms with Gasteiger partial charge in [-0.1, -0.05) is 18.2 Å². The molecule has 2 amide bonds. The molecule has 1 aliphatic rings. The second kappa shape index (κ2) is 5.19. The molecule has 1 aromatic rings. The lowest BCUT2D eigenvalue weighted by Gasteiger charge is -2.18. The van der Waals surface area contributed by atoms with Gasteiger partial charge in [-0.15, -0.1) is 0 Å². The van der Waals surface area contributed by atoms with Crippen LogP contribution in [0.25, 0.3) is 0 Å². The fraction of sp³-hybridized carbons (Fsp3) is 0.462. The molecule has 1 fully saturated rings. The Morgan fingerprint density at radius 2 is 2.18 bits per heavy atom. The Kier molecular flexibility index (Phi) is 3.64. The molecule has 3 N–H and O–H groups in total. The summed E-state index contributed by atoms with van der Waals surface area (Å²) < 4.78 is 0. The number of urea groups is 1. The van der Waals surface area contributed by atoms with E-state index in [0.29, 0.717) is 5.92 Å². The van der Waals surface area contributed by atoms with E-state index >= 15 is 0 Å². The molecule has 1 aliphatic heterocycles. The predicted octanol–water partition coefficient (Wildman–Crippen LogP) is 1.89. The second-order valence-electron chi connectivity index (χ2n) is 4.65. The van der Waals surface area contributed by atoms with Crippen molar-refractivity contribution in [2.24, 2.45) is 11.7 Å². The molecular formula is C13H19N3O. The molecule has 4 nitrogen and oxygen atoms in total. The Hall–Kier alpha value is -1.55. The van der Waals surface area contributed by atoms with E-state index in [4.69, 9.17) is 5.73 Å². The Morgan fingerprint density at radius 1 is 1.47 bits per heavy atom. The number of rotatable bonds is 2. The molecule has 0 aliphatic carbocycles. The van der Waals surface area contributed by atoms with Gasteiger partial charge in [0.15, 0.2) is 0 Å². The third kappa shape index (κ3) is 2.97. The van der Waals surface area contributed by atoms with E-state index in [1.807, 2.05) is 42.2 Å². The molecule has 1 saturated heterocycles. The van der Waals surface area contributed by atoms with Gasteiger partial charge in [0, 0.05) is 24.8 Å². The third-order valence-electron chi connectivity index (χ3n) is 3.28. The summed E-state index contributed by atoms with van der Waals surface area (Å²) in [6.07, 6.45) is 1.000. The van der Waals surface area contributed by atoms with Crippen molar-refractivity contribution in [2.75, 3.05) is 18.4 Å². The first-order chi connectivity index (χ1) is 8.16. The number of carbonyl (C=O) groups excluding carboxylic acids is 1. The summed E-state index contributed by atoms with van der Waals surface area (Å²) in [5.74, 6) is 0.427. The van der Waals surface area contributed by atoms with Gasteiger partial charge in [-0.05, 0) is 31.4 Å². The standard InChI is InChI=1S/C13H19N3O/c1-10(14)11-7-8-16(9-11)13(17)15-12-5-3-2-4-6-12/h2-6,10-11H,7-9,14H2,1H3,(H,15,17). The molecule has 1 heterocycles. The van der Waals surface area contributed by atoms with Gasteiger partial charge in [0.05, 0.1) is 0 Å². The van der Waals surface area contributed by atoms with E-state index in [1.54, 1.807) is 0 Å². The van der Waals surface area contributed by atoms with Gasteiger partial charge in [0.25, 0.3) is 0 Å². The molecule has 0 radical (unpaired) electrons. The van der Waals surface area contributed by atoms with E-state index in [-0.39, 0.29) is 12.1 Å². The van der Waals surface area contributed by atoms with Crippen LogP contribution in [0.15, 0.2) is 30.3 Å². The van der Waals surface area contributed by atoms with Crippen molar-refractivity contribution < 1.29 is 4.79 Å². The molecule has 2 unspecified atom stereocenters. The lowest BCUT2D eigenvalue weighted by molar-refractivity contribution is 0.220. The van der Waals surface area contributed by atoms with Gasteiger partial charge in [-0.25, -0.2) is 4.79 Å². The van der Waals surface area contributed by atoms with Crippen LogP contribution in [-0.4, -0.2) is 30.1 Å². The molecule has 92 valence electrons. The summed E-state index contributed by atoms with van der Waals surface area (Å²) in [4.78, 5) is 13.8. The Balaban J connectivity index is 1.90. The van der Waals surface area contributed by atoms with Crippen molar-refractivity contribution in [3.63, 3.8) is 0 Å². The van der Waals surface area contributed by atoms with Crippen molar-refractivity contribution in [3.05, 3.63) is 30.3 Å². The first kappa shape index (κ1) is 11.9. The zero-order chi connectivity index (χ0) is 12.3. The van der Waals surface area contributed by atoms with E-state index in [1.165, 1.54) is 0 Å². The average molecular weight is 233 g/mol. The van der Waals surface area contributed by atoms with E-state index in [0.717, 1.165) is 25.2 Å². The highest BCUT2D eigenvalue weighted by atomic mass is 16.2. The van der Waals surface area contributed by atoms with Crippen LogP contribution in [0, 0.1) is 5.92 Å². The van der Waals surface area contributed by atoms with Crippen molar-refractivity contribution in [1.29, 1.82) is 0 Å². The van der Waals surface area contributed by atoms with Crippen LogP contribution in [0.4, 0.5) is 10.5 Å². The second-order valence-corrected chi connectivity index (χ2v) is 4.65. The Morgan fingerprint density at radius 3 is 2.76 bits per heavy atom. The molecule has 0 saturated carbocycles. The molecule has 0 aromatic heterocycles. The fourth-order valence-corrected chi connectivity index (χ4v) is 2.12. The molecular weight excluding hydrogens is 214 g/mol. The normalized spacial score (nSPS) is 21.3. The summed E-state index contributed by atoms with van der Waals surface area (Å²) in [6, 6.07) is 9.64. The highest BCUT2D eigenvalue weighted by molar-refractivity contribution is 5.89. The monoisotopic (exact) mass is 233 g/mol. The quantitative estimate of drug-likeness (QED) is 0.819. The summed E-state index contributed by atoms with van der Waals surface area (Å²) in [5, 5.41) is 2.89. The smallest absolute Gasteiger partial charge is 0.321 e. The first-order valence-electron chi connectivity index (χ1n) is 6.03. The van der Waals surface area contributed by atoms with E-state index in [2.05, 4.69) is 5.32 Å². The zero-order valence-corrected chi connectivity index (χ0v) is 10.1. The minimum absolute atomic E-state index is 0.0284. The van der Waals surface area contributed by atoms with Crippen LogP contribution in [0.2, 0.25) is 0 Å². The van der Waals surface area contributed by atoms with E-state index in [9.17, 15) is 4.79 Å². The zero-order valence-electron chi connectivity index (χ0n) is 10.1. The van der Waals surface area contributed by atoms with Crippen LogP contribution in [0.5, 0.6) is 0 Å². The minimum atomic E-state index is -0.0284. The van der Waals surface area contributed by atoms with Crippen molar-refractivity contribution in [1.82, 2.24) is 4.90 Å². The summed E-state index contributed by atoms with van der Waals surface area (Å²) in [7, 11) is 0. The van der Waals surface area contributed by atoms with Gasteiger partial charge in [0.2, 0.25) is 0 Å². The summed E-state index contributed by atoms with van der Waals surface area (Å²) >= 11 is 0. The lowest BCUT2D eigenvalue weighted by Crippen LogP contribution is -2.35. The first-order valence-corrected chi connectivity index (χ1v) is 6.03. The SMILES string of the molecule is CC(N)C1CCN(C(=O)Nc2ccccc2)C1. The number of nitrogens with one attached hydrogen (secondary N) is 1. The number of para-hydroxylation sites is 1. The van der Waals surface area contributed by atoms with Crippen LogP contribution in [0.1, 0.15) is 13.3 Å². The van der Waals surface area contributed by atoms with E-state index < -0.39 is 0 Å². The number of carbonyl (C=O) groups is 1. The lowest BCUT2D eigenvalue weighted by atomic mass is 10.0. The number of nitrogens with two attached hydrogens (primary N) is 1. The minimum Gasteiger partial charge on any atom is -0.328 e. The fourth-order valence-electron chi connectivity index (χ4n) is 2.12.